The van der Waals surface area contributed by atoms with Crippen LogP contribution in [0.1, 0.15) is 16.8 Å². The SMILES string of the molecule is CN1CCN(CCCNC(=O)c2cncc(O)c2)CC1. The van der Waals surface area contributed by atoms with Crippen LogP contribution in [0.15, 0.2) is 18.5 Å². The molecule has 6 nitrogen and oxygen atoms in total. The molecular formula is C14H22N4O2. The number of aromatic hydroxyl groups is 1. The highest BCUT2D eigenvalue weighted by molar-refractivity contribution is 5.94. The number of likely N-dealkylation sites (N-methyl/N-ethyl adjacent to an activating group) is 1. The lowest BCUT2D eigenvalue weighted by Crippen LogP contribution is -2.45. The van der Waals surface area contributed by atoms with Crippen LogP contribution < -0.4 is 5.32 Å². The largest absolute Gasteiger partial charge is 0.506 e. The van der Waals surface area contributed by atoms with E-state index in [1.807, 2.05) is 0 Å². The fourth-order valence-electron chi connectivity index (χ4n) is 2.23. The van der Waals surface area contributed by atoms with Crippen LogP contribution in [0.5, 0.6) is 5.75 Å². The predicted octanol–water partition coefficient (Wildman–Crippen LogP) is 0.154. The van der Waals surface area contributed by atoms with Crippen molar-refractivity contribution in [1.82, 2.24) is 20.1 Å². The standard InChI is InChI=1S/C14H22N4O2/c1-17-5-7-18(8-6-17)4-2-3-16-14(20)12-9-13(19)11-15-10-12/h9-11,19H,2-8H2,1H3,(H,16,20). The van der Waals surface area contributed by atoms with Gasteiger partial charge in [0.05, 0.1) is 11.8 Å². The number of hydrogen-bond acceptors (Lipinski definition) is 5. The first-order valence-electron chi connectivity index (χ1n) is 6.98. The Kier molecular flexibility index (Phi) is 5.31. The van der Waals surface area contributed by atoms with E-state index >= 15 is 0 Å². The summed E-state index contributed by atoms with van der Waals surface area (Å²) in [6, 6.07) is 1.42. The molecule has 2 N–H and O–H groups in total. The smallest absolute Gasteiger partial charge is 0.252 e. The number of pyridine rings is 1. The van der Waals surface area contributed by atoms with E-state index in [0.717, 1.165) is 39.1 Å². The summed E-state index contributed by atoms with van der Waals surface area (Å²) in [7, 11) is 2.14. The number of piperazine rings is 1. The minimum Gasteiger partial charge on any atom is -0.506 e. The third-order valence-electron chi connectivity index (χ3n) is 3.52. The summed E-state index contributed by atoms with van der Waals surface area (Å²) in [5.74, 6) is -0.179. The van der Waals surface area contributed by atoms with Gasteiger partial charge in [-0.25, -0.2) is 0 Å². The van der Waals surface area contributed by atoms with Crippen molar-refractivity contribution in [1.29, 1.82) is 0 Å². The molecule has 0 spiro atoms. The molecule has 0 aliphatic carbocycles. The first kappa shape index (κ1) is 14.7. The molecule has 1 aromatic rings. The Morgan fingerprint density at radius 3 is 2.80 bits per heavy atom. The van der Waals surface area contributed by atoms with E-state index in [4.69, 9.17) is 0 Å². The second-order valence-corrected chi connectivity index (χ2v) is 5.19. The quantitative estimate of drug-likeness (QED) is 0.751. The lowest BCUT2D eigenvalue weighted by molar-refractivity contribution is 0.0948. The molecule has 20 heavy (non-hydrogen) atoms. The molecule has 1 aromatic heterocycles. The lowest BCUT2D eigenvalue weighted by Gasteiger charge is -2.32. The Labute approximate surface area is 119 Å². The molecule has 1 amide bonds. The number of amides is 1. The zero-order valence-electron chi connectivity index (χ0n) is 11.9. The van der Waals surface area contributed by atoms with Gasteiger partial charge < -0.3 is 20.2 Å². The molecule has 1 aliphatic heterocycles. The van der Waals surface area contributed by atoms with Crippen molar-refractivity contribution >= 4 is 5.91 Å². The first-order valence-corrected chi connectivity index (χ1v) is 6.98. The third kappa shape index (κ3) is 4.47. The molecule has 1 saturated heterocycles. The normalized spacial score (nSPS) is 17.1. The minimum absolute atomic E-state index is 0.00934. The number of hydrogen-bond donors (Lipinski definition) is 2. The summed E-state index contributed by atoms with van der Waals surface area (Å²) < 4.78 is 0. The van der Waals surface area contributed by atoms with Crippen molar-refractivity contribution in [3.8, 4) is 5.75 Å². The van der Waals surface area contributed by atoms with E-state index in [0.29, 0.717) is 12.1 Å². The van der Waals surface area contributed by atoms with Gasteiger partial charge in [0, 0.05) is 38.9 Å². The van der Waals surface area contributed by atoms with Crippen molar-refractivity contribution in [2.45, 2.75) is 6.42 Å². The Bertz CT molecular complexity index is 445. The molecule has 0 radical (unpaired) electrons. The summed E-state index contributed by atoms with van der Waals surface area (Å²) in [6.07, 6.45) is 3.70. The fraction of sp³-hybridized carbons (Fsp3) is 0.571. The Balaban J connectivity index is 1.64. The van der Waals surface area contributed by atoms with Crippen LogP contribution in [0, 0.1) is 0 Å². The van der Waals surface area contributed by atoms with Gasteiger partial charge in [0.2, 0.25) is 0 Å². The van der Waals surface area contributed by atoms with Crippen molar-refractivity contribution in [2.24, 2.45) is 0 Å². The number of rotatable bonds is 5. The molecule has 110 valence electrons. The van der Waals surface area contributed by atoms with Gasteiger partial charge in [0.25, 0.3) is 5.91 Å². The number of nitrogens with zero attached hydrogens (tertiary/aromatic N) is 3. The topological polar surface area (TPSA) is 68.7 Å². The number of carbonyl (C=O) groups excluding carboxylic acids is 1. The molecular weight excluding hydrogens is 256 g/mol. The van der Waals surface area contributed by atoms with E-state index in [1.165, 1.54) is 18.5 Å². The molecule has 0 unspecified atom stereocenters. The molecule has 2 heterocycles. The highest BCUT2D eigenvalue weighted by Crippen LogP contribution is 2.08. The van der Waals surface area contributed by atoms with Crippen molar-refractivity contribution < 1.29 is 9.90 Å². The van der Waals surface area contributed by atoms with E-state index in [9.17, 15) is 9.90 Å². The van der Waals surface area contributed by atoms with E-state index in [-0.39, 0.29) is 11.7 Å². The summed E-state index contributed by atoms with van der Waals surface area (Å²) in [4.78, 5) is 20.3. The van der Waals surface area contributed by atoms with Crippen LogP contribution in [0.4, 0.5) is 0 Å². The molecule has 0 bridgehead atoms. The third-order valence-corrected chi connectivity index (χ3v) is 3.52. The molecule has 1 aliphatic rings. The highest BCUT2D eigenvalue weighted by atomic mass is 16.3. The van der Waals surface area contributed by atoms with Gasteiger partial charge in [-0.2, -0.15) is 0 Å². The second-order valence-electron chi connectivity index (χ2n) is 5.19. The summed E-state index contributed by atoms with van der Waals surface area (Å²) in [6.45, 7) is 6.07. The van der Waals surface area contributed by atoms with Crippen LogP contribution in [0.2, 0.25) is 0 Å². The van der Waals surface area contributed by atoms with E-state index < -0.39 is 0 Å². The number of aromatic nitrogens is 1. The van der Waals surface area contributed by atoms with Gasteiger partial charge in [-0.1, -0.05) is 0 Å². The van der Waals surface area contributed by atoms with Crippen molar-refractivity contribution in [2.75, 3.05) is 46.3 Å². The van der Waals surface area contributed by atoms with Crippen LogP contribution in [0.25, 0.3) is 0 Å². The van der Waals surface area contributed by atoms with Crippen LogP contribution in [-0.2, 0) is 0 Å². The average Bonchev–Trinajstić information content (AvgIpc) is 2.45. The van der Waals surface area contributed by atoms with Gasteiger partial charge in [-0.05, 0) is 26.1 Å². The zero-order valence-corrected chi connectivity index (χ0v) is 11.9. The Morgan fingerprint density at radius 2 is 2.10 bits per heavy atom. The van der Waals surface area contributed by atoms with E-state index in [1.54, 1.807) is 0 Å². The first-order chi connectivity index (χ1) is 9.65. The summed E-state index contributed by atoms with van der Waals surface area (Å²) in [5.41, 5.74) is 0.393. The van der Waals surface area contributed by atoms with Gasteiger partial charge in [0.1, 0.15) is 5.75 Å². The molecule has 2 rings (SSSR count). The number of nitrogens with one attached hydrogen (secondary N) is 1. The van der Waals surface area contributed by atoms with Crippen molar-refractivity contribution in [3.63, 3.8) is 0 Å². The molecule has 0 saturated carbocycles. The zero-order chi connectivity index (χ0) is 14.4. The fourth-order valence-corrected chi connectivity index (χ4v) is 2.23. The highest BCUT2D eigenvalue weighted by Gasteiger charge is 2.13. The van der Waals surface area contributed by atoms with Crippen molar-refractivity contribution in [3.05, 3.63) is 24.0 Å². The maximum atomic E-state index is 11.8. The maximum absolute atomic E-state index is 11.8. The molecule has 1 fully saturated rings. The monoisotopic (exact) mass is 278 g/mol. The van der Waals surface area contributed by atoms with Gasteiger partial charge in [-0.3, -0.25) is 9.78 Å². The molecule has 0 aromatic carbocycles. The van der Waals surface area contributed by atoms with Crippen LogP contribution in [0.3, 0.4) is 0 Å². The maximum Gasteiger partial charge on any atom is 0.252 e. The summed E-state index contributed by atoms with van der Waals surface area (Å²) >= 11 is 0. The Morgan fingerprint density at radius 1 is 1.35 bits per heavy atom. The summed E-state index contributed by atoms with van der Waals surface area (Å²) in [5, 5.41) is 12.1. The minimum atomic E-state index is -0.188. The second kappa shape index (κ2) is 7.21. The van der Waals surface area contributed by atoms with Gasteiger partial charge in [0.15, 0.2) is 0 Å². The van der Waals surface area contributed by atoms with Gasteiger partial charge >= 0.3 is 0 Å². The van der Waals surface area contributed by atoms with Crippen LogP contribution in [-0.4, -0.2) is 72.1 Å². The predicted molar refractivity (Wildman–Crippen MR) is 76.8 cm³/mol. The van der Waals surface area contributed by atoms with Crippen LogP contribution >= 0.6 is 0 Å². The Hall–Kier alpha value is -1.66. The van der Waals surface area contributed by atoms with Gasteiger partial charge in [-0.15, -0.1) is 0 Å². The molecule has 6 heteroatoms. The molecule has 0 atom stereocenters. The van der Waals surface area contributed by atoms with E-state index in [2.05, 4.69) is 27.1 Å². The average molecular weight is 278 g/mol. The number of carbonyl (C=O) groups is 1. The lowest BCUT2D eigenvalue weighted by atomic mass is 10.2.